The van der Waals surface area contributed by atoms with Crippen molar-refractivity contribution in [2.75, 3.05) is 47.9 Å². The lowest BCUT2D eigenvalue weighted by Crippen LogP contribution is -2.43. The Bertz CT molecular complexity index is 884. The standard InChI is InChI=1S/C19H25N7O/c1-12-13(2)22-16(23-17(12)25-8-6-14(20)11-25)19(27)26-10-9-24(3)18-15(26)5-4-7-21-18/h4-5,7,14H,6,8-11,20H2,1-3H3/t14-/m1/s1. The molecule has 2 N–H and O–H groups in total. The molecule has 8 nitrogen and oxygen atoms in total. The molecule has 1 fully saturated rings. The molecule has 2 aliphatic rings. The maximum Gasteiger partial charge on any atom is 0.296 e. The van der Waals surface area contributed by atoms with Gasteiger partial charge in [0.2, 0.25) is 5.82 Å². The highest BCUT2D eigenvalue weighted by Crippen LogP contribution is 2.31. The van der Waals surface area contributed by atoms with E-state index in [-0.39, 0.29) is 17.8 Å². The van der Waals surface area contributed by atoms with Crippen LogP contribution in [0.1, 0.15) is 28.3 Å². The highest BCUT2D eigenvalue weighted by Gasteiger charge is 2.30. The molecule has 0 spiro atoms. The third-order valence-electron chi connectivity index (χ3n) is 5.40. The van der Waals surface area contributed by atoms with Gasteiger partial charge >= 0.3 is 0 Å². The number of nitrogens with two attached hydrogens (primary N) is 1. The van der Waals surface area contributed by atoms with E-state index in [4.69, 9.17) is 5.73 Å². The van der Waals surface area contributed by atoms with Crippen LogP contribution < -0.4 is 20.4 Å². The molecule has 1 amide bonds. The number of carbonyl (C=O) groups excluding carboxylic acids is 1. The molecule has 2 aromatic rings. The fourth-order valence-electron chi connectivity index (χ4n) is 3.70. The molecule has 0 radical (unpaired) electrons. The molecular weight excluding hydrogens is 342 g/mol. The van der Waals surface area contributed by atoms with E-state index in [2.05, 4.69) is 24.8 Å². The average molecular weight is 367 g/mol. The molecule has 0 unspecified atom stereocenters. The first-order valence-corrected chi connectivity index (χ1v) is 9.29. The van der Waals surface area contributed by atoms with Crippen LogP contribution in [0.25, 0.3) is 0 Å². The summed E-state index contributed by atoms with van der Waals surface area (Å²) >= 11 is 0. The number of nitrogens with zero attached hydrogens (tertiary/aromatic N) is 6. The molecular formula is C19H25N7O. The summed E-state index contributed by atoms with van der Waals surface area (Å²) in [6, 6.07) is 3.91. The molecule has 2 aliphatic heterocycles. The van der Waals surface area contributed by atoms with E-state index in [9.17, 15) is 4.79 Å². The van der Waals surface area contributed by atoms with E-state index in [0.717, 1.165) is 48.1 Å². The van der Waals surface area contributed by atoms with Crippen molar-refractivity contribution in [1.29, 1.82) is 0 Å². The Labute approximate surface area is 159 Å². The fourth-order valence-corrected chi connectivity index (χ4v) is 3.70. The summed E-state index contributed by atoms with van der Waals surface area (Å²) in [5, 5.41) is 0. The number of aromatic nitrogens is 3. The van der Waals surface area contributed by atoms with Gasteiger partial charge in [0.05, 0.1) is 5.69 Å². The Balaban J connectivity index is 1.71. The lowest BCUT2D eigenvalue weighted by Gasteiger charge is -2.34. The SMILES string of the molecule is Cc1nc(C(=O)N2CCN(C)c3ncccc32)nc(N2CC[C@@H](N)C2)c1C. The fraction of sp³-hybridized carbons (Fsp3) is 0.474. The molecule has 0 saturated carbocycles. The summed E-state index contributed by atoms with van der Waals surface area (Å²) in [6.07, 6.45) is 2.67. The van der Waals surface area contributed by atoms with Crippen LogP contribution >= 0.6 is 0 Å². The number of aryl methyl sites for hydroxylation is 1. The number of amides is 1. The summed E-state index contributed by atoms with van der Waals surface area (Å²) in [4.78, 5) is 32.8. The van der Waals surface area contributed by atoms with Crippen LogP contribution in [-0.4, -0.2) is 60.1 Å². The van der Waals surface area contributed by atoms with Gasteiger partial charge in [-0.3, -0.25) is 4.79 Å². The zero-order valence-electron chi connectivity index (χ0n) is 16.0. The summed E-state index contributed by atoms with van der Waals surface area (Å²) in [7, 11) is 1.98. The molecule has 2 aromatic heterocycles. The van der Waals surface area contributed by atoms with Crippen LogP contribution in [-0.2, 0) is 0 Å². The maximum atomic E-state index is 13.3. The second-order valence-corrected chi connectivity index (χ2v) is 7.30. The number of hydrogen-bond acceptors (Lipinski definition) is 7. The Morgan fingerprint density at radius 2 is 2.00 bits per heavy atom. The molecule has 142 valence electrons. The number of fused-ring (bicyclic) bond motifs is 1. The van der Waals surface area contributed by atoms with Crippen LogP contribution in [0.5, 0.6) is 0 Å². The van der Waals surface area contributed by atoms with Gasteiger partial charge < -0.3 is 20.4 Å². The Kier molecular flexibility index (Phi) is 4.43. The first kappa shape index (κ1) is 17.7. The van der Waals surface area contributed by atoms with Gasteiger partial charge in [-0.15, -0.1) is 0 Å². The van der Waals surface area contributed by atoms with Crippen molar-refractivity contribution in [3.8, 4) is 0 Å². The first-order chi connectivity index (χ1) is 13.0. The summed E-state index contributed by atoms with van der Waals surface area (Å²) < 4.78 is 0. The van der Waals surface area contributed by atoms with Gasteiger partial charge in [0.1, 0.15) is 5.82 Å². The van der Waals surface area contributed by atoms with Crippen molar-refractivity contribution in [1.82, 2.24) is 15.0 Å². The lowest BCUT2D eigenvalue weighted by molar-refractivity contribution is 0.0976. The number of likely N-dealkylation sites (N-methyl/N-ethyl adjacent to an activating group) is 1. The van der Waals surface area contributed by atoms with Gasteiger partial charge in [0, 0.05) is 56.7 Å². The van der Waals surface area contributed by atoms with Crippen LogP contribution in [0.2, 0.25) is 0 Å². The van der Waals surface area contributed by atoms with E-state index < -0.39 is 0 Å². The average Bonchev–Trinajstić information content (AvgIpc) is 3.10. The van der Waals surface area contributed by atoms with Crippen molar-refractivity contribution >= 4 is 23.2 Å². The zero-order valence-corrected chi connectivity index (χ0v) is 16.0. The number of pyridine rings is 1. The molecule has 1 atom stereocenters. The Hall–Kier alpha value is -2.74. The minimum atomic E-state index is -0.190. The summed E-state index contributed by atoms with van der Waals surface area (Å²) in [5.74, 6) is 1.66. The van der Waals surface area contributed by atoms with Crippen molar-refractivity contribution in [3.63, 3.8) is 0 Å². The predicted octanol–water partition coefficient (Wildman–Crippen LogP) is 1.12. The number of carbonyl (C=O) groups is 1. The molecule has 0 aliphatic carbocycles. The van der Waals surface area contributed by atoms with Gasteiger partial charge in [0.15, 0.2) is 5.82 Å². The second kappa shape index (κ2) is 6.77. The van der Waals surface area contributed by atoms with Crippen molar-refractivity contribution in [3.05, 3.63) is 35.4 Å². The topological polar surface area (TPSA) is 91.5 Å². The summed E-state index contributed by atoms with van der Waals surface area (Å²) in [6.45, 7) is 6.83. The molecule has 4 heterocycles. The third kappa shape index (κ3) is 3.10. The number of rotatable bonds is 2. The molecule has 1 saturated heterocycles. The molecule has 0 bridgehead atoms. The van der Waals surface area contributed by atoms with Gasteiger partial charge in [-0.2, -0.15) is 0 Å². The second-order valence-electron chi connectivity index (χ2n) is 7.30. The monoisotopic (exact) mass is 367 g/mol. The Morgan fingerprint density at radius 1 is 1.19 bits per heavy atom. The highest BCUT2D eigenvalue weighted by atomic mass is 16.2. The van der Waals surface area contributed by atoms with Crippen molar-refractivity contribution in [2.45, 2.75) is 26.3 Å². The van der Waals surface area contributed by atoms with E-state index in [0.29, 0.717) is 13.1 Å². The first-order valence-electron chi connectivity index (χ1n) is 9.29. The maximum absolute atomic E-state index is 13.3. The third-order valence-corrected chi connectivity index (χ3v) is 5.40. The van der Waals surface area contributed by atoms with E-state index >= 15 is 0 Å². The van der Waals surface area contributed by atoms with Crippen LogP contribution in [0, 0.1) is 13.8 Å². The van der Waals surface area contributed by atoms with Gasteiger partial charge in [0.25, 0.3) is 5.91 Å². The minimum absolute atomic E-state index is 0.148. The molecule has 0 aromatic carbocycles. The number of anilines is 3. The van der Waals surface area contributed by atoms with Crippen molar-refractivity contribution in [2.24, 2.45) is 5.73 Å². The van der Waals surface area contributed by atoms with Gasteiger partial charge in [-0.05, 0) is 32.4 Å². The predicted molar refractivity (Wildman–Crippen MR) is 105 cm³/mol. The van der Waals surface area contributed by atoms with E-state index in [1.165, 1.54) is 0 Å². The smallest absolute Gasteiger partial charge is 0.296 e. The van der Waals surface area contributed by atoms with E-state index in [1.54, 1.807) is 11.1 Å². The molecule has 4 rings (SSSR count). The highest BCUT2D eigenvalue weighted by molar-refractivity contribution is 6.06. The van der Waals surface area contributed by atoms with Crippen LogP contribution in [0.15, 0.2) is 18.3 Å². The zero-order chi connectivity index (χ0) is 19.1. The van der Waals surface area contributed by atoms with Crippen LogP contribution in [0.4, 0.5) is 17.3 Å². The Morgan fingerprint density at radius 3 is 2.74 bits per heavy atom. The summed E-state index contributed by atoms with van der Waals surface area (Å²) in [5.41, 5.74) is 8.68. The van der Waals surface area contributed by atoms with Crippen LogP contribution in [0.3, 0.4) is 0 Å². The van der Waals surface area contributed by atoms with Gasteiger partial charge in [-0.1, -0.05) is 0 Å². The van der Waals surface area contributed by atoms with E-state index in [1.807, 2.05) is 33.0 Å². The van der Waals surface area contributed by atoms with Crippen molar-refractivity contribution < 1.29 is 4.79 Å². The quantitative estimate of drug-likeness (QED) is 0.850. The normalized spacial score (nSPS) is 19.4. The largest absolute Gasteiger partial charge is 0.356 e. The molecule has 8 heteroatoms. The number of hydrogen-bond donors (Lipinski definition) is 1. The van der Waals surface area contributed by atoms with Gasteiger partial charge in [-0.25, -0.2) is 15.0 Å². The lowest BCUT2D eigenvalue weighted by atomic mass is 10.2. The minimum Gasteiger partial charge on any atom is -0.356 e. The molecule has 27 heavy (non-hydrogen) atoms.